The van der Waals surface area contributed by atoms with Gasteiger partial charge in [0.25, 0.3) is 0 Å². The predicted octanol–water partition coefficient (Wildman–Crippen LogP) is 6.84. The predicted molar refractivity (Wildman–Crippen MR) is 97.8 cm³/mol. The standard InChI is InChI=1S/C19H35BrO/c1-2-3-4-5-6-7-8-9-10-11-12-15-18-21-19-16-13-14-17-20/h2-13,15-16,18-19H2,1H3. The lowest BCUT2D eigenvalue weighted by Gasteiger charge is -2.04. The molecule has 2 heteroatoms. The molecular formula is C19H35BrO. The van der Waals surface area contributed by atoms with Gasteiger partial charge in [-0.05, 0) is 17.7 Å². The fraction of sp³-hybridized carbons (Fsp3) is 0.895. The first-order chi connectivity index (χ1) is 10.4. The van der Waals surface area contributed by atoms with Gasteiger partial charge < -0.3 is 4.74 Å². The highest BCUT2D eigenvalue weighted by atomic mass is 79.9. The van der Waals surface area contributed by atoms with Crippen LogP contribution in [0.4, 0.5) is 0 Å². The van der Waals surface area contributed by atoms with Gasteiger partial charge in [0.05, 0.1) is 0 Å². The van der Waals surface area contributed by atoms with Gasteiger partial charge in [-0.1, -0.05) is 83.5 Å². The minimum Gasteiger partial charge on any atom is -0.381 e. The van der Waals surface area contributed by atoms with Crippen molar-refractivity contribution < 1.29 is 4.74 Å². The molecule has 0 heterocycles. The smallest absolute Gasteiger partial charge is 0.0475 e. The van der Waals surface area contributed by atoms with Crippen LogP contribution in [-0.4, -0.2) is 13.2 Å². The summed E-state index contributed by atoms with van der Waals surface area (Å²) in [6.45, 7) is 4.07. The van der Waals surface area contributed by atoms with E-state index in [1.54, 1.807) is 0 Å². The first kappa shape index (κ1) is 21.0. The number of hydrogen-bond acceptors (Lipinski definition) is 1. The van der Waals surface area contributed by atoms with Crippen molar-refractivity contribution in [1.82, 2.24) is 0 Å². The molecule has 0 radical (unpaired) electrons. The lowest BCUT2D eigenvalue weighted by molar-refractivity contribution is 0.128. The number of halogens is 1. The van der Waals surface area contributed by atoms with E-state index in [-0.39, 0.29) is 0 Å². The van der Waals surface area contributed by atoms with E-state index in [9.17, 15) is 0 Å². The van der Waals surface area contributed by atoms with E-state index in [2.05, 4.69) is 33.6 Å². The maximum Gasteiger partial charge on any atom is 0.0475 e. The number of rotatable bonds is 16. The Morgan fingerprint density at radius 2 is 1.14 bits per heavy atom. The summed E-state index contributed by atoms with van der Waals surface area (Å²) in [5.74, 6) is 2.98. The van der Waals surface area contributed by atoms with E-state index in [1.807, 2.05) is 0 Å². The Morgan fingerprint density at radius 1 is 0.667 bits per heavy atom. The highest BCUT2D eigenvalue weighted by Gasteiger charge is 1.94. The molecule has 0 amide bonds. The minimum atomic E-state index is 0.861. The Labute approximate surface area is 141 Å². The zero-order chi connectivity index (χ0) is 15.4. The summed E-state index contributed by atoms with van der Waals surface area (Å²) in [4.78, 5) is 2.73. The van der Waals surface area contributed by atoms with E-state index < -0.39 is 0 Å². The lowest BCUT2D eigenvalue weighted by atomic mass is 10.1. The molecule has 0 aromatic heterocycles. The van der Waals surface area contributed by atoms with Gasteiger partial charge in [0.2, 0.25) is 0 Å². The first-order valence-corrected chi connectivity index (χ1v) is 9.87. The van der Waals surface area contributed by atoms with E-state index in [0.29, 0.717) is 0 Å². The Morgan fingerprint density at radius 3 is 1.67 bits per heavy atom. The van der Waals surface area contributed by atoms with Crippen molar-refractivity contribution in [1.29, 1.82) is 0 Å². The zero-order valence-corrected chi connectivity index (χ0v) is 15.7. The van der Waals surface area contributed by atoms with Crippen LogP contribution in [-0.2, 0) is 4.74 Å². The maximum atomic E-state index is 5.59. The van der Waals surface area contributed by atoms with Gasteiger partial charge in [0.1, 0.15) is 0 Å². The highest BCUT2D eigenvalue weighted by molar-refractivity contribution is 9.12. The Balaban J connectivity index is 2.94. The summed E-state index contributed by atoms with van der Waals surface area (Å²) in [7, 11) is 0. The summed E-state index contributed by atoms with van der Waals surface area (Å²) >= 11 is 3.09. The zero-order valence-electron chi connectivity index (χ0n) is 14.1. The van der Waals surface area contributed by atoms with Gasteiger partial charge in [-0.2, -0.15) is 0 Å². The second-order valence-corrected chi connectivity index (χ2v) is 6.27. The van der Waals surface area contributed by atoms with Crippen molar-refractivity contribution in [3.63, 3.8) is 0 Å². The fourth-order valence-electron chi connectivity index (χ4n) is 2.46. The lowest BCUT2D eigenvalue weighted by Crippen LogP contribution is -1.96. The molecule has 0 aliphatic heterocycles. The van der Waals surface area contributed by atoms with Gasteiger partial charge in [0.15, 0.2) is 0 Å². The van der Waals surface area contributed by atoms with Crippen LogP contribution in [0, 0.1) is 10.8 Å². The Bertz CT molecular complexity index is 242. The van der Waals surface area contributed by atoms with Crippen LogP contribution in [0.15, 0.2) is 0 Å². The third-order valence-corrected chi connectivity index (χ3v) is 4.08. The molecule has 0 rings (SSSR count). The van der Waals surface area contributed by atoms with Gasteiger partial charge in [-0.15, -0.1) is 0 Å². The molecule has 0 aromatic rings. The monoisotopic (exact) mass is 358 g/mol. The molecule has 0 atom stereocenters. The van der Waals surface area contributed by atoms with Crippen LogP contribution in [0.1, 0.15) is 96.8 Å². The average Bonchev–Trinajstić information content (AvgIpc) is 2.50. The van der Waals surface area contributed by atoms with Crippen molar-refractivity contribution in [3.05, 3.63) is 0 Å². The number of hydrogen-bond donors (Lipinski definition) is 0. The summed E-state index contributed by atoms with van der Waals surface area (Å²) in [6, 6.07) is 0. The summed E-state index contributed by atoms with van der Waals surface area (Å²) in [5.41, 5.74) is 0. The van der Waals surface area contributed by atoms with E-state index in [4.69, 9.17) is 4.74 Å². The third kappa shape index (κ3) is 20.0. The van der Waals surface area contributed by atoms with Gasteiger partial charge in [-0.3, -0.25) is 0 Å². The molecule has 1 nitrogen and oxygen atoms in total. The molecule has 0 aliphatic rings. The van der Waals surface area contributed by atoms with Crippen molar-refractivity contribution in [2.75, 3.05) is 13.2 Å². The molecular weight excluding hydrogens is 324 g/mol. The van der Waals surface area contributed by atoms with Crippen LogP contribution >= 0.6 is 15.9 Å². The first-order valence-electron chi connectivity index (χ1n) is 9.08. The van der Waals surface area contributed by atoms with E-state index in [1.165, 1.54) is 77.0 Å². The maximum absolute atomic E-state index is 5.59. The van der Waals surface area contributed by atoms with Crippen molar-refractivity contribution in [2.45, 2.75) is 96.8 Å². The summed E-state index contributed by atoms with van der Waals surface area (Å²) in [5, 5.41) is 0. The van der Waals surface area contributed by atoms with Crippen LogP contribution < -0.4 is 0 Å². The molecule has 0 saturated carbocycles. The summed E-state index contributed by atoms with van der Waals surface area (Å²) < 4.78 is 5.59. The van der Waals surface area contributed by atoms with Crippen molar-refractivity contribution in [3.8, 4) is 10.8 Å². The van der Waals surface area contributed by atoms with Crippen LogP contribution in [0.5, 0.6) is 0 Å². The molecule has 0 unspecified atom stereocenters. The average molecular weight is 359 g/mol. The van der Waals surface area contributed by atoms with Crippen LogP contribution in [0.3, 0.4) is 0 Å². The molecule has 0 bridgehead atoms. The van der Waals surface area contributed by atoms with Crippen molar-refractivity contribution in [2.24, 2.45) is 0 Å². The second-order valence-electron chi connectivity index (χ2n) is 5.88. The Hall–Kier alpha value is 0. The van der Waals surface area contributed by atoms with E-state index in [0.717, 1.165) is 26.1 Å². The molecule has 0 spiro atoms. The minimum absolute atomic E-state index is 0.861. The molecule has 0 saturated heterocycles. The second kappa shape index (κ2) is 20.0. The van der Waals surface area contributed by atoms with Gasteiger partial charge in [-0.25, -0.2) is 0 Å². The highest BCUT2D eigenvalue weighted by Crippen LogP contribution is 2.11. The summed E-state index contributed by atoms with van der Waals surface area (Å²) in [6.07, 6.45) is 18.8. The van der Waals surface area contributed by atoms with Gasteiger partial charge >= 0.3 is 0 Å². The molecule has 124 valence electrons. The Kier molecular flexibility index (Phi) is 20.0. The quantitative estimate of drug-likeness (QED) is 0.216. The number of ether oxygens (including phenoxy) is 1. The van der Waals surface area contributed by atoms with E-state index >= 15 is 0 Å². The van der Waals surface area contributed by atoms with Crippen LogP contribution in [0.2, 0.25) is 0 Å². The molecule has 0 aliphatic carbocycles. The molecule has 21 heavy (non-hydrogen) atoms. The van der Waals surface area contributed by atoms with Crippen LogP contribution in [0.25, 0.3) is 0 Å². The topological polar surface area (TPSA) is 9.23 Å². The number of unbranched alkanes of at least 4 members (excludes halogenated alkanes) is 12. The fourth-order valence-corrected chi connectivity index (χ4v) is 2.66. The normalized spacial score (nSPS) is 10.4. The van der Waals surface area contributed by atoms with Crippen molar-refractivity contribution >= 4 is 15.9 Å². The molecule has 0 aromatic carbocycles. The van der Waals surface area contributed by atoms with Gasteiger partial charge in [0, 0.05) is 35.6 Å². The largest absolute Gasteiger partial charge is 0.381 e. The molecule has 0 N–H and O–H groups in total. The SMILES string of the molecule is CCCCCCCCCCCCCCOCCCC#CBr. The third-order valence-electron chi connectivity index (χ3n) is 3.80. The molecule has 0 fully saturated rings.